The molecule has 2 aromatic rings. The molecular formula is C24H32N4O. The van der Waals surface area contributed by atoms with Crippen LogP contribution in [-0.4, -0.2) is 37.0 Å². The van der Waals surface area contributed by atoms with E-state index in [0.29, 0.717) is 5.57 Å². The highest BCUT2D eigenvalue weighted by atomic mass is 16.2. The average molecular weight is 393 g/mol. The standard InChI is InChI=1S/C24H32N4O/c1-5-28(6-2)14-8-13-25-21-12-11-19(15-18(21)4)26-16-20-23-17(3)9-7-10-22(23)27-24(20)29/h7,9-12,15-16,25-26H,5-6,8,13-14H2,1-4H3,(H,27,29). The third kappa shape index (κ3) is 4.98. The lowest BCUT2D eigenvalue weighted by atomic mass is 10.0. The van der Waals surface area contributed by atoms with Gasteiger partial charge in [-0.1, -0.05) is 26.0 Å². The normalized spacial score (nSPS) is 14.2. The van der Waals surface area contributed by atoms with Gasteiger partial charge in [-0.2, -0.15) is 0 Å². The summed E-state index contributed by atoms with van der Waals surface area (Å²) in [5.41, 5.74) is 6.94. The smallest absolute Gasteiger partial charge is 0.257 e. The first-order chi connectivity index (χ1) is 14.0. The Morgan fingerprint density at radius 3 is 2.59 bits per heavy atom. The molecule has 0 radical (unpaired) electrons. The molecule has 0 spiro atoms. The number of fused-ring (bicyclic) bond motifs is 1. The molecule has 1 amide bonds. The van der Waals surface area contributed by atoms with Crippen LogP contribution in [0.2, 0.25) is 0 Å². The van der Waals surface area contributed by atoms with Crippen molar-refractivity contribution in [3.63, 3.8) is 0 Å². The topological polar surface area (TPSA) is 56.4 Å². The Morgan fingerprint density at radius 2 is 1.86 bits per heavy atom. The summed E-state index contributed by atoms with van der Waals surface area (Å²) in [4.78, 5) is 14.8. The Kier molecular flexibility index (Phi) is 6.94. The Morgan fingerprint density at radius 1 is 1.07 bits per heavy atom. The zero-order valence-corrected chi connectivity index (χ0v) is 17.9. The molecule has 0 aromatic heterocycles. The molecule has 0 bridgehead atoms. The zero-order valence-electron chi connectivity index (χ0n) is 17.9. The molecule has 3 rings (SSSR count). The molecule has 0 aliphatic carbocycles. The fourth-order valence-electron chi connectivity index (χ4n) is 3.74. The van der Waals surface area contributed by atoms with E-state index >= 15 is 0 Å². The molecule has 0 saturated carbocycles. The van der Waals surface area contributed by atoms with Crippen LogP contribution in [0.1, 0.15) is 37.0 Å². The van der Waals surface area contributed by atoms with Crippen molar-refractivity contribution >= 4 is 28.5 Å². The number of nitrogens with one attached hydrogen (secondary N) is 3. The maximum Gasteiger partial charge on any atom is 0.257 e. The predicted octanol–water partition coefficient (Wildman–Crippen LogP) is 4.85. The van der Waals surface area contributed by atoms with Crippen LogP contribution in [0.25, 0.3) is 5.57 Å². The second kappa shape index (κ2) is 9.61. The van der Waals surface area contributed by atoms with Crippen LogP contribution < -0.4 is 16.0 Å². The van der Waals surface area contributed by atoms with Gasteiger partial charge in [0.1, 0.15) is 0 Å². The van der Waals surface area contributed by atoms with Crippen molar-refractivity contribution in [1.29, 1.82) is 0 Å². The number of hydrogen-bond acceptors (Lipinski definition) is 4. The van der Waals surface area contributed by atoms with Gasteiger partial charge in [0.25, 0.3) is 5.91 Å². The van der Waals surface area contributed by atoms with E-state index in [1.54, 1.807) is 6.20 Å². The number of amides is 1. The van der Waals surface area contributed by atoms with Crippen LogP contribution in [0.3, 0.4) is 0 Å². The van der Waals surface area contributed by atoms with Crippen LogP contribution in [0.4, 0.5) is 17.1 Å². The van der Waals surface area contributed by atoms with E-state index in [1.165, 1.54) is 5.56 Å². The second-order valence-electron chi connectivity index (χ2n) is 7.49. The van der Waals surface area contributed by atoms with Gasteiger partial charge in [0.2, 0.25) is 0 Å². The predicted molar refractivity (Wildman–Crippen MR) is 123 cm³/mol. The largest absolute Gasteiger partial charge is 0.385 e. The maximum absolute atomic E-state index is 12.3. The summed E-state index contributed by atoms with van der Waals surface area (Å²) in [6, 6.07) is 12.2. The number of benzene rings is 2. The summed E-state index contributed by atoms with van der Waals surface area (Å²) in [5.74, 6) is -0.0648. The Hall–Kier alpha value is -2.79. The Labute approximate surface area is 174 Å². The van der Waals surface area contributed by atoms with Crippen molar-refractivity contribution in [1.82, 2.24) is 4.90 Å². The van der Waals surface area contributed by atoms with Gasteiger partial charge >= 0.3 is 0 Å². The summed E-state index contributed by atoms with van der Waals surface area (Å²) in [7, 11) is 0. The van der Waals surface area contributed by atoms with Crippen molar-refractivity contribution in [2.24, 2.45) is 0 Å². The average Bonchev–Trinajstić information content (AvgIpc) is 3.04. The van der Waals surface area contributed by atoms with Crippen LogP contribution in [-0.2, 0) is 4.79 Å². The highest BCUT2D eigenvalue weighted by Crippen LogP contribution is 2.34. The Balaban J connectivity index is 1.62. The van der Waals surface area contributed by atoms with E-state index in [9.17, 15) is 4.79 Å². The van der Waals surface area contributed by atoms with E-state index in [0.717, 1.165) is 60.8 Å². The van der Waals surface area contributed by atoms with E-state index in [1.807, 2.05) is 31.2 Å². The molecule has 0 unspecified atom stereocenters. The lowest BCUT2D eigenvalue weighted by Gasteiger charge is -2.18. The lowest BCUT2D eigenvalue weighted by Crippen LogP contribution is -2.25. The fraction of sp³-hybridized carbons (Fsp3) is 0.375. The summed E-state index contributed by atoms with van der Waals surface area (Å²) in [6.07, 6.45) is 2.93. The van der Waals surface area contributed by atoms with Crippen molar-refractivity contribution in [3.8, 4) is 0 Å². The molecule has 154 valence electrons. The third-order valence-corrected chi connectivity index (χ3v) is 5.51. The van der Waals surface area contributed by atoms with Gasteiger partial charge in [0, 0.05) is 35.4 Å². The molecule has 0 fully saturated rings. The maximum atomic E-state index is 12.3. The zero-order chi connectivity index (χ0) is 20.8. The van der Waals surface area contributed by atoms with Crippen LogP contribution in [0.5, 0.6) is 0 Å². The molecule has 0 atom stereocenters. The molecular weight excluding hydrogens is 360 g/mol. The third-order valence-electron chi connectivity index (χ3n) is 5.51. The second-order valence-corrected chi connectivity index (χ2v) is 7.49. The van der Waals surface area contributed by atoms with Crippen molar-refractivity contribution < 1.29 is 4.79 Å². The number of anilines is 3. The monoisotopic (exact) mass is 392 g/mol. The highest BCUT2D eigenvalue weighted by molar-refractivity contribution is 6.32. The number of carbonyl (C=O) groups is 1. The summed E-state index contributed by atoms with van der Waals surface area (Å²) in [6.45, 7) is 12.8. The van der Waals surface area contributed by atoms with Crippen molar-refractivity contribution in [2.75, 3.05) is 42.1 Å². The molecule has 29 heavy (non-hydrogen) atoms. The van der Waals surface area contributed by atoms with Gasteiger partial charge in [0.05, 0.1) is 5.57 Å². The number of hydrogen-bond donors (Lipinski definition) is 3. The SMILES string of the molecule is CCN(CC)CCCNc1ccc(NC=C2C(=O)Nc3cccc(C)c32)cc1C. The molecule has 2 aromatic carbocycles. The van der Waals surface area contributed by atoms with Gasteiger partial charge in [-0.15, -0.1) is 0 Å². The molecule has 1 aliphatic heterocycles. The molecule has 5 nitrogen and oxygen atoms in total. The van der Waals surface area contributed by atoms with E-state index in [4.69, 9.17) is 0 Å². The Bertz CT molecular complexity index is 900. The van der Waals surface area contributed by atoms with Crippen molar-refractivity contribution in [2.45, 2.75) is 34.1 Å². The number of carbonyl (C=O) groups excluding carboxylic acids is 1. The van der Waals surface area contributed by atoms with Gasteiger partial charge in [-0.05, 0) is 75.3 Å². The first-order valence-corrected chi connectivity index (χ1v) is 10.5. The summed E-state index contributed by atoms with van der Waals surface area (Å²) in [5, 5.41) is 9.76. The molecule has 1 heterocycles. The summed E-state index contributed by atoms with van der Waals surface area (Å²) < 4.78 is 0. The lowest BCUT2D eigenvalue weighted by molar-refractivity contribution is -0.110. The van der Waals surface area contributed by atoms with Gasteiger partial charge in [0.15, 0.2) is 0 Å². The number of rotatable bonds is 9. The molecule has 1 aliphatic rings. The van der Waals surface area contributed by atoms with Crippen LogP contribution >= 0.6 is 0 Å². The quantitative estimate of drug-likeness (QED) is 0.422. The van der Waals surface area contributed by atoms with E-state index in [2.05, 4.69) is 53.8 Å². The fourth-order valence-corrected chi connectivity index (χ4v) is 3.74. The molecule has 5 heteroatoms. The first-order valence-electron chi connectivity index (χ1n) is 10.5. The van der Waals surface area contributed by atoms with E-state index < -0.39 is 0 Å². The minimum absolute atomic E-state index is 0.0648. The van der Waals surface area contributed by atoms with Crippen LogP contribution in [0, 0.1) is 13.8 Å². The molecule has 3 N–H and O–H groups in total. The van der Waals surface area contributed by atoms with Crippen molar-refractivity contribution in [3.05, 3.63) is 59.3 Å². The number of nitrogens with zero attached hydrogens (tertiary/aromatic N) is 1. The first kappa shape index (κ1) is 20.9. The highest BCUT2D eigenvalue weighted by Gasteiger charge is 2.25. The number of aryl methyl sites for hydroxylation is 2. The van der Waals surface area contributed by atoms with Gasteiger partial charge < -0.3 is 20.9 Å². The molecule has 0 saturated heterocycles. The van der Waals surface area contributed by atoms with Crippen LogP contribution in [0.15, 0.2) is 42.6 Å². The van der Waals surface area contributed by atoms with Gasteiger partial charge in [-0.3, -0.25) is 4.79 Å². The minimum atomic E-state index is -0.0648. The minimum Gasteiger partial charge on any atom is -0.385 e. The summed E-state index contributed by atoms with van der Waals surface area (Å²) >= 11 is 0. The van der Waals surface area contributed by atoms with E-state index in [-0.39, 0.29) is 5.91 Å². The van der Waals surface area contributed by atoms with Gasteiger partial charge in [-0.25, -0.2) is 0 Å².